The maximum Gasteiger partial charge on any atom is 0.246 e. The van der Waals surface area contributed by atoms with E-state index in [0.717, 1.165) is 29.3 Å². The van der Waals surface area contributed by atoms with Gasteiger partial charge in [-0.15, -0.1) is 11.3 Å². The average Bonchev–Trinajstić information content (AvgIpc) is 2.69. The van der Waals surface area contributed by atoms with Crippen LogP contribution in [-0.2, 0) is 11.2 Å². The van der Waals surface area contributed by atoms with Gasteiger partial charge in [-0.25, -0.2) is 10.4 Å². The first-order chi connectivity index (χ1) is 9.34. The fraction of sp³-hybridized carbons (Fsp3) is 0.667. The Morgan fingerprint density at radius 2 is 2.35 bits per heavy atom. The van der Waals surface area contributed by atoms with Crippen molar-refractivity contribution in [1.82, 2.24) is 10.4 Å². The summed E-state index contributed by atoms with van der Waals surface area (Å²) in [7, 11) is 0. The molecule has 1 aliphatic carbocycles. The average molecular weight is 293 g/mol. The van der Waals surface area contributed by atoms with Crippen LogP contribution in [0.15, 0.2) is 10.5 Å². The molecule has 4 nitrogen and oxygen atoms in total. The number of carbonyl (C=O) groups excluding carboxylic acids is 1. The second-order valence-corrected chi connectivity index (χ2v) is 7.66. The Bertz CT molecular complexity index is 519. The van der Waals surface area contributed by atoms with E-state index in [4.69, 9.17) is 0 Å². The summed E-state index contributed by atoms with van der Waals surface area (Å²) in [6.07, 6.45) is 3.48. The molecule has 0 unspecified atom stereocenters. The van der Waals surface area contributed by atoms with Crippen LogP contribution >= 0.6 is 11.3 Å². The number of carbonyl (C=O) groups is 1. The SMILES string of the molecule is Cc1nc(CC(=O)N/N=C2\C[C@H](C)CC(C)(C)C2)cs1. The smallest absolute Gasteiger partial charge is 0.246 e. The number of aryl methyl sites for hydroxylation is 1. The van der Waals surface area contributed by atoms with Gasteiger partial charge in [-0.3, -0.25) is 4.79 Å². The van der Waals surface area contributed by atoms with Gasteiger partial charge in [0, 0.05) is 11.1 Å². The summed E-state index contributed by atoms with van der Waals surface area (Å²) >= 11 is 1.57. The number of amides is 1. The van der Waals surface area contributed by atoms with Crippen LogP contribution in [0, 0.1) is 18.3 Å². The van der Waals surface area contributed by atoms with Crippen LogP contribution in [-0.4, -0.2) is 16.6 Å². The highest BCUT2D eigenvalue weighted by Crippen LogP contribution is 2.36. The topological polar surface area (TPSA) is 54.4 Å². The van der Waals surface area contributed by atoms with Gasteiger partial charge in [0.2, 0.25) is 5.91 Å². The molecular formula is C15H23N3OS. The minimum absolute atomic E-state index is 0.0844. The molecule has 2 rings (SSSR count). The first-order valence-corrected chi connectivity index (χ1v) is 7.97. The molecule has 20 heavy (non-hydrogen) atoms. The van der Waals surface area contributed by atoms with E-state index in [2.05, 4.69) is 36.3 Å². The molecule has 1 aromatic rings. The van der Waals surface area contributed by atoms with Crippen molar-refractivity contribution in [3.05, 3.63) is 16.1 Å². The largest absolute Gasteiger partial charge is 0.273 e. The lowest BCUT2D eigenvalue weighted by Crippen LogP contribution is -2.30. The Hall–Kier alpha value is -1.23. The number of nitrogens with zero attached hydrogens (tertiary/aromatic N) is 2. The van der Waals surface area contributed by atoms with Crippen LogP contribution in [0.4, 0.5) is 0 Å². The predicted molar refractivity (Wildman–Crippen MR) is 82.9 cm³/mol. The fourth-order valence-electron chi connectivity index (χ4n) is 3.03. The van der Waals surface area contributed by atoms with Crippen molar-refractivity contribution < 1.29 is 4.79 Å². The normalized spacial score (nSPS) is 23.8. The van der Waals surface area contributed by atoms with Crippen LogP contribution in [0.25, 0.3) is 0 Å². The highest BCUT2D eigenvalue weighted by atomic mass is 32.1. The summed E-state index contributed by atoms with van der Waals surface area (Å²) in [6, 6.07) is 0. The van der Waals surface area contributed by atoms with E-state index in [-0.39, 0.29) is 11.3 Å². The van der Waals surface area contributed by atoms with Gasteiger partial charge in [0.05, 0.1) is 17.1 Å². The molecule has 110 valence electrons. The van der Waals surface area contributed by atoms with Gasteiger partial charge in [-0.1, -0.05) is 20.8 Å². The third-order valence-corrected chi connectivity index (χ3v) is 4.34. The van der Waals surface area contributed by atoms with Gasteiger partial charge in [0.15, 0.2) is 0 Å². The van der Waals surface area contributed by atoms with Crippen molar-refractivity contribution in [2.24, 2.45) is 16.4 Å². The summed E-state index contributed by atoms with van der Waals surface area (Å²) in [5.74, 6) is 0.550. The maximum absolute atomic E-state index is 11.9. The predicted octanol–water partition coefficient (Wildman–Crippen LogP) is 3.31. The molecule has 0 saturated heterocycles. The third-order valence-electron chi connectivity index (χ3n) is 3.51. The Balaban J connectivity index is 1.90. The molecule has 0 radical (unpaired) electrons. The number of hydrogen-bond acceptors (Lipinski definition) is 4. The molecule has 1 heterocycles. The van der Waals surface area contributed by atoms with Crippen LogP contribution in [0.2, 0.25) is 0 Å². The summed E-state index contributed by atoms with van der Waals surface area (Å²) in [4.78, 5) is 16.1. The van der Waals surface area contributed by atoms with E-state index in [9.17, 15) is 4.79 Å². The van der Waals surface area contributed by atoms with E-state index in [1.807, 2.05) is 12.3 Å². The maximum atomic E-state index is 11.9. The minimum Gasteiger partial charge on any atom is -0.273 e. The summed E-state index contributed by atoms with van der Waals surface area (Å²) in [5.41, 5.74) is 4.90. The lowest BCUT2D eigenvalue weighted by molar-refractivity contribution is -0.120. The molecule has 1 N–H and O–H groups in total. The monoisotopic (exact) mass is 293 g/mol. The van der Waals surface area contributed by atoms with Gasteiger partial charge >= 0.3 is 0 Å². The van der Waals surface area contributed by atoms with Gasteiger partial charge in [0.25, 0.3) is 0 Å². The first kappa shape index (κ1) is 15.2. The zero-order valence-corrected chi connectivity index (χ0v) is 13.5. The lowest BCUT2D eigenvalue weighted by Gasteiger charge is -2.34. The lowest BCUT2D eigenvalue weighted by atomic mass is 9.72. The summed E-state index contributed by atoms with van der Waals surface area (Å²) in [6.45, 7) is 8.71. The number of rotatable bonds is 3. The quantitative estimate of drug-likeness (QED) is 0.869. The first-order valence-electron chi connectivity index (χ1n) is 7.09. The van der Waals surface area contributed by atoms with E-state index < -0.39 is 0 Å². The number of nitrogens with one attached hydrogen (secondary N) is 1. The second kappa shape index (κ2) is 6.04. The van der Waals surface area contributed by atoms with E-state index in [0.29, 0.717) is 12.3 Å². The summed E-state index contributed by atoms with van der Waals surface area (Å²) < 4.78 is 0. The van der Waals surface area contributed by atoms with Gasteiger partial charge in [-0.05, 0) is 37.5 Å². The standard InChI is InChI=1S/C15H23N3OS/c1-10-5-12(8-15(3,4)7-10)17-18-14(19)6-13-9-20-11(2)16-13/h9-10H,5-8H2,1-4H3,(H,18,19)/b17-12+/t10-/m0/s1. The molecule has 1 atom stereocenters. The molecule has 1 aromatic heterocycles. The Kier molecular flexibility index (Phi) is 4.58. The van der Waals surface area contributed by atoms with Crippen LogP contribution in [0.1, 0.15) is 50.7 Å². The Morgan fingerprint density at radius 1 is 1.60 bits per heavy atom. The molecule has 1 fully saturated rings. The molecule has 0 spiro atoms. The Morgan fingerprint density at radius 3 is 2.95 bits per heavy atom. The molecule has 1 amide bonds. The zero-order valence-electron chi connectivity index (χ0n) is 12.7. The zero-order chi connectivity index (χ0) is 14.8. The Labute approximate surface area is 124 Å². The van der Waals surface area contributed by atoms with Crippen molar-refractivity contribution >= 4 is 23.0 Å². The van der Waals surface area contributed by atoms with Crippen LogP contribution in [0.3, 0.4) is 0 Å². The van der Waals surface area contributed by atoms with Gasteiger partial charge < -0.3 is 0 Å². The van der Waals surface area contributed by atoms with Crippen molar-refractivity contribution in [3.8, 4) is 0 Å². The second-order valence-electron chi connectivity index (χ2n) is 6.60. The molecular weight excluding hydrogens is 270 g/mol. The number of aromatic nitrogens is 1. The van der Waals surface area contributed by atoms with E-state index in [1.54, 1.807) is 11.3 Å². The third kappa shape index (κ3) is 4.40. The molecule has 0 bridgehead atoms. The molecule has 1 aliphatic rings. The van der Waals surface area contributed by atoms with Crippen LogP contribution < -0.4 is 5.43 Å². The molecule has 0 aromatic carbocycles. The van der Waals surface area contributed by atoms with Crippen molar-refractivity contribution in [1.29, 1.82) is 0 Å². The number of hydrogen-bond donors (Lipinski definition) is 1. The summed E-state index contributed by atoms with van der Waals surface area (Å²) in [5, 5.41) is 7.24. The highest BCUT2D eigenvalue weighted by Gasteiger charge is 2.29. The minimum atomic E-state index is -0.0844. The molecule has 0 aliphatic heterocycles. The fourth-order valence-corrected chi connectivity index (χ4v) is 3.65. The van der Waals surface area contributed by atoms with Crippen LogP contribution in [0.5, 0.6) is 0 Å². The van der Waals surface area contributed by atoms with Crippen molar-refractivity contribution in [3.63, 3.8) is 0 Å². The number of hydrazone groups is 1. The molecule has 1 saturated carbocycles. The van der Waals surface area contributed by atoms with E-state index >= 15 is 0 Å². The van der Waals surface area contributed by atoms with Gasteiger partial charge in [-0.2, -0.15) is 5.10 Å². The van der Waals surface area contributed by atoms with E-state index in [1.165, 1.54) is 6.42 Å². The van der Waals surface area contributed by atoms with Crippen molar-refractivity contribution in [2.45, 2.75) is 53.4 Å². The highest BCUT2D eigenvalue weighted by molar-refractivity contribution is 7.09. The van der Waals surface area contributed by atoms with Gasteiger partial charge in [0.1, 0.15) is 0 Å². The van der Waals surface area contributed by atoms with Crippen molar-refractivity contribution in [2.75, 3.05) is 0 Å². The number of thiazole rings is 1. The molecule has 5 heteroatoms.